The number of amides is 1. The van der Waals surface area contributed by atoms with Crippen LogP contribution in [0.2, 0.25) is 0 Å². The second kappa shape index (κ2) is 12.0. The largest absolute Gasteiger partial charge is 0.417 e. The van der Waals surface area contributed by atoms with Crippen molar-refractivity contribution in [2.45, 2.75) is 19.5 Å². The number of rotatable bonds is 10. The number of benzene rings is 1. The van der Waals surface area contributed by atoms with Crippen LogP contribution in [0.1, 0.15) is 34.3 Å². The van der Waals surface area contributed by atoms with Gasteiger partial charge >= 0.3 is 6.18 Å². The number of carbonyl (C=O) groups is 1. The highest BCUT2D eigenvalue weighted by Gasteiger charge is 2.35. The molecule has 0 aliphatic rings. The molecule has 3 aromatic rings. The van der Waals surface area contributed by atoms with E-state index in [9.17, 15) is 22.4 Å². The molecule has 38 heavy (non-hydrogen) atoms. The number of anilines is 1. The number of hydrogen-bond acceptors (Lipinski definition) is 6. The Hall–Kier alpha value is -4.06. The van der Waals surface area contributed by atoms with Crippen molar-refractivity contribution in [2.75, 3.05) is 32.5 Å². The number of alkyl halides is 3. The SMILES string of the molecule is C=C(c1nc(/C=C/CNC(=O)c2nc(C)nn2C)cc2c(N/C(=C\F)CCN(C)C)cccc12)C(F)(F)F. The fourth-order valence-electron chi connectivity index (χ4n) is 3.64. The zero-order chi connectivity index (χ0) is 28.0. The first-order chi connectivity index (χ1) is 17.9. The summed E-state index contributed by atoms with van der Waals surface area (Å²) >= 11 is 0. The van der Waals surface area contributed by atoms with Gasteiger partial charge in [0.05, 0.1) is 17.0 Å². The maximum Gasteiger partial charge on any atom is 0.417 e. The van der Waals surface area contributed by atoms with E-state index in [1.54, 1.807) is 38.2 Å². The summed E-state index contributed by atoms with van der Waals surface area (Å²) in [6.07, 6.45) is -0.853. The quantitative estimate of drug-likeness (QED) is 0.363. The van der Waals surface area contributed by atoms with E-state index in [4.69, 9.17) is 0 Å². The number of allylic oxidation sites excluding steroid dienone is 1. The molecule has 0 aliphatic heterocycles. The Labute approximate surface area is 217 Å². The Morgan fingerprint density at radius 1 is 1.21 bits per heavy atom. The van der Waals surface area contributed by atoms with Gasteiger partial charge in [0.25, 0.3) is 5.91 Å². The molecule has 0 fully saturated rings. The number of aryl methyl sites for hydroxylation is 2. The van der Waals surface area contributed by atoms with Gasteiger partial charge in [0.1, 0.15) is 12.2 Å². The molecule has 2 aromatic heterocycles. The lowest BCUT2D eigenvalue weighted by Crippen LogP contribution is -2.26. The highest BCUT2D eigenvalue weighted by molar-refractivity contribution is 6.01. The van der Waals surface area contributed by atoms with Crippen molar-refractivity contribution < 1.29 is 22.4 Å². The lowest BCUT2D eigenvalue weighted by atomic mass is 10.0. The summed E-state index contributed by atoms with van der Waals surface area (Å²) in [7, 11) is 5.29. The van der Waals surface area contributed by atoms with Gasteiger partial charge in [-0.3, -0.25) is 4.79 Å². The van der Waals surface area contributed by atoms with Crippen molar-refractivity contribution in [3.05, 3.63) is 72.0 Å². The number of pyridine rings is 1. The van der Waals surface area contributed by atoms with Crippen LogP contribution in [0.25, 0.3) is 22.4 Å². The topological polar surface area (TPSA) is 88.0 Å². The molecule has 202 valence electrons. The minimum Gasteiger partial charge on any atom is -0.356 e. The zero-order valence-corrected chi connectivity index (χ0v) is 21.5. The fraction of sp³-hybridized carbons (Fsp3) is 0.308. The average molecular weight is 532 g/mol. The lowest BCUT2D eigenvalue weighted by molar-refractivity contribution is -0.0688. The third-order valence-corrected chi connectivity index (χ3v) is 5.52. The molecular formula is C26H29F4N7O. The van der Waals surface area contributed by atoms with Crippen LogP contribution in [0.5, 0.6) is 0 Å². The molecule has 2 heterocycles. The van der Waals surface area contributed by atoms with Gasteiger partial charge in [-0.05, 0) is 39.2 Å². The van der Waals surface area contributed by atoms with Crippen LogP contribution in [0, 0.1) is 6.92 Å². The van der Waals surface area contributed by atoms with Crippen molar-refractivity contribution >= 4 is 34.0 Å². The van der Waals surface area contributed by atoms with Crippen molar-refractivity contribution in [1.82, 2.24) is 30.0 Å². The summed E-state index contributed by atoms with van der Waals surface area (Å²) in [6.45, 7) is 5.52. The van der Waals surface area contributed by atoms with Gasteiger partial charge in [-0.25, -0.2) is 19.0 Å². The number of nitrogens with one attached hydrogen (secondary N) is 2. The zero-order valence-electron chi connectivity index (χ0n) is 21.5. The molecule has 8 nitrogen and oxygen atoms in total. The molecule has 0 aliphatic carbocycles. The van der Waals surface area contributed by atoms with Crippen LogP contribution >= 0.6 is 0 Å². The van der Waals surface area contributed by atoms with Crippen LogP contribution in [0.4, 0.5) is 23.2 Å². The van der Waals surface area contributed by atoms with E-state index in [1.807, 2.05) is 19.0 Å². The summed E-state index contributed by atoms with van der Waals surface area (Å²) in [5, 5.41) is 10.3. The maximum absolute atomic E-state index is 13.6. The molecule has 2 N–H and O–H groups in total. The second-order valence-electron chi connectivity index (χ2n) is 8.80. The Kier molecular flexibility index (Phi) is 9.00. The smallest absolute Gasteiger partial charge is 0.356 e. The number of carbonyl (C=O) groups excluding carboxylic acids is 1. The highest BCUT2D eigenvalue weighted by atomic mass is 19.4. The molecule has 0 bridgehead atoms. The number of halogens is 4. The van der Waals surface area contributed by atoms with E-state index >= 15 is 0 Å². The Morgan fingerprint density at radius 3 is 2.55 bits per heavy atom. The lowest BCUT2D eigenvalue weighted by Gasteiger charge is -2.17. The number of nitrogens with zero attached hydrogens (tertiary/aromatic N) is 5. The van der Waals surface area contributed by atoms with Crippen molar-refractivity contribution in [2.24, 2.45) is 7.05 Å². The fourth-order valence-corrected chi connectivity index (χ4v) is 3.64. The molecule has 0 radical (unpaired) electrons. The molecule has 1 amide bonds. The summed E-state index contributed by atoms with van der Waals surface area (Å²) in [5.41, 5.74) is -0.539. The van der Waals surface area contributed by atoms with Gasteiger partial charge in [0.15, 0.2) is 0 Å². The van der Waals surface area contributed by atoms with Crippen LogP contribution in [-0.4, -0.2) is 63.9 Å². The molecule has 0 spiro atoms. The molecule has 0 unspecified atom stereocenters. The molecule has 12 heteroatoms. The monoisotopic (exact) mass is 531 g/mol. The predicted octanol–water partition coefficient (Wildman–Crippen LogP) is 4.86. The summed E-state index contributed by atoms with van der Waals surface area (Å²) in [4.78, 5) is 22.4. The summed E-state index contributed by atoms with van der Waals surface area (Å²) in [5.74, 6) is 0.123. The Bertz CT molecular complexity index is 1390. The molecular weight excluding hydrogens is 502 g/mol. The first-order valence-corrected chi connectivity index (χ1v) is 11.6. The van der Waals surface area contributed by atoms with Gasteiger partial charge < -0.3 is 15.5 Å². The van der Waals surface area contributed by atoms with Crippen molar-refractivity contribution in [3.63, 3.8) is 0 Å². The number of aromatic nitrogens is 4. The summed E-state index contributed by atoms with van der Waals surface area (Å²) < 4.78 is 55.8. The minimum absolute atomic E-state index is 0.0686. The van der Waals surface area contributed by atoms with Crippen LogP contribution < -0.4 is 10.6 Å². The third-order valence-electron chi connectivity index (χ3n) is 5.52. The van der Waals surface area contributed by atoms with Crippen LogP contribution in [-0.2, 0) is 7.05 Å². The summed E-state index contributed by atoms with van der Waals surface area (Å²) in [6, 6.07) is 6.32. The third kappa shape index (κ3) is 7.03. The predicted molar refractivity (Wildman–Crippen MR) is 140 cm³/mol. The van der Waals surface area contributed by atoms with Gasteiger partial charge in [0, 0.05) is 48.7 Å². The van der Waals surface area contributed by atoms with Crippen molar-refractivity contribution in [3.8, 4) is 0 Å². The van der Waals surface area contributed by atoms with E-state index in [0.717, 1.165) is 0 Å². The molecule has 0 saturated carbocycles. The van der Waals surface area contributed by atoms with E-state index < -0.39 is 17.7 Å². The molecule has 1 aromatic carbocycles. The molecule has 0 saturated heterocycles. The minimum atomic E-state index is -4.70. The second-order valence-corrected chi connectivity index (χ2v) is 8.80. The van der Waals surface area contributed by atoms with Gasteiger partial charge in [0.2, 0.25) is 5.82 Å². The van der Waals surface area contributed by atoms with Gasteiger partial charge in [-0.1, -0.05) is 24.8 Å². The first kappa shape index (κ1) is 28.5. The van der Waals surface area contributed by atoms with Crippen LogP contribution in [0.3, 0.4) is 0 Å². The van der Waals surface area contributed by atoms with E-state index in [-0.39, 0.29) is 34.8 Å². The van der Waals surface area contributed by atoms with Gasteiger partial charge in [-0.2, -0.15) is 18.3 Å². The number of fused-ring (bicyclic) bond motifs is 1. The molecule has 3 rings (SSSR count). The standard InChI is InChI=1S/C26H29F4N7O/c1-16(26(28,29)30)23-20-9-6-10-22(33-19(15-27)11-13-36(3)4)21(20)14-18(34-23)8-7-12-31-25(38)24-32-17(2)35-37(24)5/h6-10,14-15,33H,1,11-13H2,2-5H3,(H,31,38)/b8-7+,19-15-. The first-order valence-electron chi connectivity index (χ1n) is 11.6. The maximum atomic E-state index is 13.6. The van der Waals surface area contributed by atoms with E-state index in [0.29, 0.717) is 36.2 Å². The van der Waals surface area contributed by atoms with Gasteiger partial charge in [-0.15, -0.1) is 0 Å². The highest BCUT2D eigenvalue weighted by Crippen LogP contribution is 2.37. The average Bonchev–Trinajstić information content (AvgIpc) is 3.20. The number of hydrogen-bond donors (Lipinski definition) is 2. The normalized spacial score (nSPS) is 12.5. The van der Waals surface area contributed by atoms with Crippen molar-refractivity contribution in [1.29, 1.82) is 0 Å². The molecule has 0 atom stereocenters. The Balaban J connectivity index is 1.94. The Morgan fingerprint density at radius 2 is 1.95 bits per heavy atom. The van der Waals surface area contributed by atoms with Crippen LogP contribution in [0.15, 0.2) is 48.9 Å². The van der Waals surface area contributed by atoms with E-state index in [2.05, 4.69) is 32.3 Å². The van der Waals surface area contributed by atoms with E-state index in [1.165, 1.54) is 16.8 Å².